The summed E-state index contributed by atoms with van der Waals surface area (Å²) < 4.78 is 12.7. The highest BCUT2D eigenvalue weighted by molar-refractivity contribution is 5.65. The van der Waals surface area contributed by atoms with Gasteiger partial charge in [-0.3, -0.25) is 0 Å². The zero-order valence-corrected chi connectivity index (χ0v) is 14.0. The van der Waals surface area contributed by atoms with Crippen LogP contribution in [0.25, 0.3) is 0 Å². The topological polar surface area (TPSA) is 59.0 Å². The number of nitrogens with zero attached hydrogens (tertiary/aromatic N) is 1. The van der Waals surface area contributed by atoms with Crippen LogP contribution in [0, 0.1) is 5.41 Å². The largest absolute Gasteiger partial charge is 0.465 e. The maximum Gasteiger partial charge on any atom is 0.407 e. The molecule has 3 atom stereocenters. The lowest BCUT2D eigenvalue weighted by molar-refractivity contribution is -0.280. The summed E-state index contributed by atoms with van der Waals surface area (Å²) in [4.78, 5) is 12.7. The smallest absolute Gasteiger partial charge is 0.407 e. The van der Waals surface area contributed by atoms with Crippen molar-refractivity contribution >= 4 is 6.09 Å². The molecule has 1 aromatic rings. The molecule has 0 aromatic heterocycles. The quantitative estimate of drug-likeness (QED) is 0.864. The fourth-order valence-corrected chi connectivity index (χ4v) is 3.43. The van der Waals surface area contributed by atoms with Crippen molar-refractivity contribution in [1.82, 2.24) is 4.90 Å². The number of piperidine rings is 1. The summed E-state index contributed by atoms with van der Waals surface area (Å²) in [7, 11) is 0. The van der Waals surface area contributed by atoms with Gasteiger partial charge in [-0.1, -0.05) is 51.1 Å². The van der Waals surface area contributed by atoms with E-state index in [0.717, 1.165) is 5.56 Å². The number of rotatable bonds is 1. The molecule has 2 heterocycles. The number of fused-ring (bicyclic) bond motifs is 1. The van der Waals surface area contributed by atoms with Crippen molar-refractivity contribution < 1.29 is 19.4 Å². The lowest BCUT2D eigenvalue weighted by atomic mass is 9.78. The van der Waals surface area contributed by atoms with Crippen LogP contribution in [0.15, 0.2) is 30.3 Å². The molecule has 0 bridgehead atoms. The number of hydrogen-bond donors (Lipinski definition) is 1. The molecular formula is C18H25NO4. The van der Waals surface area contributed by atoms with E-state index < -0.39 is 11.7 Å². The van der Waals surface area contributed by atoms with Gasteiger partial charge >= 0.3 is 6.09 Å². The van der Waals surface area contributed by atoms with E-state index in [9.17, 15) is 9.90 Å². The minimum absolute atomic E-state index is 0.0182. The Hall–Kier alpha value is -1.59. The molecule has 1 aromatic carbocycles. The third-order valence-corrected chi connectivity index (χ3v) is 4.96. The zero-order valence-electron chi connectivity index (χ0n) is 14.0. The van der Waals surface area contributed by atoms with Crippen LogP contribution in [0.4, 0.5) is 4.79 Å². The van der Waals surface area contributed by atoms with Gasteiger partial charge in [0.15, 0.2) is 0 Å². The van der Waals surface area contributed by atoms with Crippen LogP contribution in [-0.2, 0) is 15.1 Å². The van der Waals surface area contributed by atoms with E-state index in [1.807, 2.05) is 18.2 Å². The highest BCUT2D eigenvalue weighted by Gasteiger charge is 2.53. The van der Waals surface area contributed by atoms with Crippen molar-refractivity contribution in [3.05, 3.63) is 35.9 Å². The van der Waals surface area contributed by atoms with E-state index in [0.29, 0.717) is 26.1 Å². The maximum absolute atomic E-state index is 11.3. The standard InChI is InChI=1S/C18H25NO4/c1-17(2,3)15-12-22-14-11-19(16(20)21)10-9-18(14,23-15)13-7-5-4-6-8-13/h4-8,14-15H,9-12H2,1-3H3,(H,20,21)/t14-,15?,18-/m0/s1. The first kappa shape index (κ1) is 16.3. The minimum Gasteiger partial charge on any atom is -0.465 e. The average molecular weight is 319 g/mol. The van der Waals surface area contributed by atoms with Crippen LogP contribution in [0.5, 0.6) is 0 Å². The fraction of sp³-hybridized carbons (Fsp3) is 0.611. The Morgan fingerprint density at radius 1 is 1.30 bits per heavy atom. The number of carboxylic acid groups (broad SMARTS) is 1. The number of benzene rings is 1. The second-order valence-electron chi connectivity index (χ2n) is 7.53. The molecule has 3 rings (SSSR count). The Bertz CT molecular complexity index is 568. The van der Waals surface area contributed by atoms with Crippen molar-refractivity contribution in [2.75, 3.05) is 19.7 Å². The molecule has 5 heteroatoms. The molecule has 5 nitrogen and oxygen atoms in total. The molecule has 0 radical (unpaired) electrons. The van der Waals surface area contributed by atoms with E-state index in [1.165, 1.54) is 4.90 Å². The highest BCUT2D eigenvalue weighted by Crippen LogP contribution is 2.45. The summed E-state index contributed by atoms with van der Waals surface area (Å²) in [6.07, 6.45) is -0.572. The van der Waals surface area contributed by atoms with Gasteiger partial charge in [0.25, 0.3) is 0 Å². The Balaban J connectivity index is 1.95. The first-order chi connectivity index (χ1) is 10.8. The van der Waals surface area contributed by atoms with E-state index in [4.69, 9.17) is 9.47 Å². The number of hydrogen-bond acceptors (Lipinski definition) is 3. The summed E-state index contributed by atoms with van der Waals surface area (Å²) in [5.74, 6) is 0. The molecule has 1 N–H and O–H groups in total. The highest BCUT2D eigenvalue weighted by atomic mass is 16.6. The molecule has 2 fully saturated rings. The Labute approximate surface area is 137 Å². The molecule has 0 aliphatic carbocycles. The lowest BCUT2D eigenvalue weighted by Gasteiger charge is -2.53. The van der Waals surface area contributed by atoms with Gasteiger partial charge < -0.3 is 19.5 Å². The molecule has 2 aliphatic rings. The SMILES string of the molecule is CC(C)(C)C1CO[C@H]2CN(C(=O)O)CC[C@@]2(c2ccccc2)O1. The first-order valence-corrected chi connectivity index (χ1v) is 8.16. The van der Waals surface area contributed by atoms with Gasteiger partial charge in [0.2, 0.25) is 0 Å². The number of likely N-dealkylation sites (tertiary alicyclic amines) is 1. The van der Waals surface area contributed by atoms with Crippen LogP contribution < -0.4 is 0 Å². The van der Waals surface area contributed by atoms with Crippen molar-refractivity contribution in [2.45, 2.75) is 45.0 Å². The van der Waals surface area contributed by atoms with Crippen LogP contribution >= 0.6 is 0 Å². The number of carbonyl (C=O) groups is 1. The van der Waals surface area contributed by atoms with Gasteiger partial charge in [-0.2, -0.15) is 0 Å². The molecule has 126 valence electrons. The summed E-state index contributed by atoms with van der Waals surface area (Å²) in [5.41, 5.74) is 0.476. The molecule has 2 aliphatic heterocycles. The minimum atomic E-state index is -0.895. The van der Waals surface area contributed by atoms with Gasteiger partial charge in [-0.25, -0.2) is 4.79 Å². The maximum atomic E-state index is 11.3. The van der Waals surface area contributed by atoms with Crippen LogP contribution in [-0.4, -0.2) is 48.0 Å². The van der Waals surface area contributed by atoms with Crippen LogP contribution in [0.3, 0.4) is 0 Å². The lowest BCUT2D eigenvalue weighted by Crippen LogP contribution is -2.62. The second-order valence-corrected chi connectivity index (χ2v) is 7.53. The fourth-order valence-electron chi connectivity index (χ4n) is 3.43. The van der Waals surface area contributed by atoms with Gasteiger partial charge in [0.05, 0.1) is 19.3 Å². The van der Waals surface area contributed by atoms with Crippen molar-refractivity contribution in [2.24, 2.45) is 5.41 Å². The van der Waals surface area contributed by atoms with Crippen molar-refractivity contribution in [3.8, 4) is 0 Å². The van der Waals surface area contributed by atoms with Gasteiger partial charge in [-0.05, 0) is 11.0 Å². The predicted octanol–water partition coefficient (Wildman–Crippen LogP) is 3.10. The average Bonchev–Trinajstić information content (AvgIpc) is 2.53. The van der Waals surface area contributed by atoms with E-state index in [-0.39, 0.29) is 17.6 Å². The van der Waals surface area contributed by atoms with Gasteiger partial charge in [-0.15, -0.1) is 0 Å². The Kier molecular flexibility index (Phi) is 4.10. The molecular weight excluding hydrogens is 294 g/mol. The second kappa shape index (κ2) is 5.80. The van der Waals surface area contributed by atoms with E-state index in [2.05, 4.69) is 32.9 Å². The van der Waals surface area contributed by atoms with Crippen LogP contribution in [0.2, 0.25) is 0 Å². The summed E-state index contributed by atoms with van der Waals surface area (Å²) >= 11 is 0. The molecule has 1 amide bonds. The van der Waals surface area contributed by atoms with E-state index in [1.54, 1.807) is 0 Å². The van der Waals surface area contributed by atoms with Crippen molar-refractivity contribution in [3.63, 3.8) is 0 Å². The number of amides is 1. The summed E-state index contributed by atoms with van der Waals surface area (Å²) in [6, 6.07) is 10.1. The monoisotopic (exact) mass is 319 g/mol. The molecule has 0 saturated carbocycles. The van der Waals surface area contributed by atoms with Gasteiger partial charge in [0.1, 0.15) is 11.7 Å². The van der Waals surface area contributed by atoms with E-state index >= 15 is 0 Å². The zero-order chi connectivity index (χ0) is 16.7. The summed E-state index contributed by atoms with van der Waals surface area (Å²) in [5, 5.41) is 9.29. The van der Waals surface area contributed by atoms with Crippen LogP contribution in [0.1, 0.15) is 32.8 Å². The number of ether oxygens (including phenoxy) is 2. The molecule has 0 spiro atoms. The van der Waals surface area contributed by atoms with Gasteiger partial charge in [0, 0.05) is 13.0 Å². The summed E-state index contributed by atoms with van der Waals surface area (Å²) in [6.45, 7) is 7.74. The third-order valence-electron chi connectivity index (χ3n) is 4.96. The normalized spacial score (nSPS) is 31.5. The predicted molar refractivity (Wildman–Crippen MR) is 86.4 cm³/mol. The van der Waals surface area contributed by atoms with Crippen molar-refractivity contribution in [1.29, 1.82) is 0 Å². The molecule has 2 saturated heterocycles. The Morgan fingerprint density at radius 2 is 2.00 bits per heavy atom. The molecule has 23 heavy (non-hydrogen) atoms. The molecule has 1 unspecified atom stereocenters. The third kappa shape index (κ3) is 2.95. The first-order valence-electron chi connectivity index (χ1n) is 8.16. The Morgan fingerprint density at radius 3 is 2.61 bits per heavy atom.